The Labute approximate surface area is 260 Å². The highest BCUT2D eigenvalue weighted by Crippen LogP contribution is 2.52. The molecule has 1 saturated carbocycles. The molecule has 1 aliphatic carbocycles. The third-order valence-corrected chi connectivity index (χ3v) is 10.6. The quantitative estimate of drug-likeness (QED) is 0.263. The highest BCUT2D eigenvalue weighted by atomic mass is 19.1. The molecule has 8 heteroatoms. The van der Waals surface area contributed by atoms with Crippen molar-refractivity contribution in [3.05, 3.63) is 83.7 Å². The van der Waals surface area contributed by atoms with Gasteiger partial charge in [0.2, 0.25) is 0 Å². The van der Waals surface area contributed by atoms with E-state index in [0.717, 1.165) is 76.2 Å². The maximum Gasteiger partial charge on any atom is 0.305 e. The zero-order chi connectivity index (χ0) is 30.7. The number of hydrogen-bond acceptors (Lipinski definition) is 6. The maximum absolute atomic E-state index is 15.0. The first-order valence-corrected chi connectivity index (χ1v) is 16.3. The Balaban J connectivity index is 1.22. The number of hydrogen-bond donors (Lipinski definition) is 0. The summed E-state index contributed by atoms with van der Waals surface area (Å²) in [6.07, 6.45) is 8.92. The predicted molar refractivity (Wildman–Crippen MR) is 169 cm³/mol. The number of halogens is 1. The number of nitrogens with zero attached hydrogens (tertiary/aromatic N) is 5. The summed E-state index contributed by atoms with van der Waals surface area (Å²) in [4.78, 5) is 22.1. The van der Waals surface area contributed by atoms with E-state index in [0.29, 0.717) is 30.4 Å². The molecule has 3 heterocycles. The van der Waals surface area contributed by atoms with Crippen molar-refractivity contribution in [2.75, 3.05) is 37.6 Å². The molecule has 44 heavy (non-hydrogen) atoms. The molecule has 0 spiro atoms. The number of ether oxygens (including phenoxy) is 1. The number of aryl methyl sites for hydroxylation is 1. The van der Waals surface area contributed by atoms with E-state index in [1.165, 1.54) is 11.8 Å². The molecule has 0 bridgehead atoms. The van der Waals surface area contributed by atoms with Gasteiger partial charge in [0.25, 0.3) is 0 Å². The van der Waals surface area contributed by atoms with Crippen molar-refractivity contribution in [3.63, 3.8) is 0 Å². The van der Waals surface area contributed by atoms with E-state index in [1.807, 2.05) is 56.6 Å². The van der Waals surface area contributed by atoms with Crippen LogP contribution in [0.2, 0.25) is 0 Å². The van der Waals surface area contributed by atoms with E-state index in [2.05, 4.69) is 31.5 Å². The molecule has 7 nitrogen and oxygen atoms in total. The minimum Gasteiger partial charge on any atom is -0.462 e. The van der Waals surface area contributed by atoms with E-state index in [1.54, 1.807) is 6.07 Å². The van der Waals surface area contributed by atoms with E-state index < -0.39 is 5.41 Å². The molecule has 0 amide bonds. The zero-order valence-corrected chi connectivity index (χ0v) is 26.0. The Morgan fingerprint density at radius 1 is 1.11 bits per heavy atom. The maximum atomic E-state index is 15.0. The van der Waals surface area contributed by atoms with Crippen LogP contribution >= 0.6 is 0 Å². The summed E-state index contributed by atoms with van der Waals surface area (Å²) in [6.45, 7) is 9.73. The van der Waals surface area contributed by atoms with Crippen LogP contribution in [0.5, 0.6) is 0 Å². The molecule has 3 fully saturated rings. The van der Waals surface area contributed by atoms with Crippen LogP contribution in [-0.2, 0) is 21.5 Å². The van der Waals surface area contributed by atoms with E-state index in [4.69, 9.17) is 10.00 Å². The number of imidazole rings is 1. The molecule has 6 rings (SSSR count). The van der Waals surface area contributed by atoms with Gasteiger partial charge in [-0.05, 0) is 100.0 Å². The van der Waals surface area contributed by atoms with Gasteiger partial charge in [-0.1, -0.05) is 19.1 Å². The lowest BCUT2D eigenvalue weighted by molar-refractivity contribution is -0.152. The minimum atomic E-state index is -0.391. The summed E-state index contributed by atoms with van der Waals surface area (Å²) in [7, 11) is 0. The first-order chi connectivity index (χ1) is 21.4. The lowest BCUT2D eigenvalue weighted by atomic mass is 9.58. The van der Waals surface area contributed by atoms with E-state index >= 15 is 0 Å². The van der Waals surface area contributed by atoms with E-state index in [-0.39, 0.29) is 23.8 Å². The molecule has 3 atom stereocenters. The lowest BCUT2D eigenvalue weighted by Crippen LogP contribution is -2.55. The summed E-state index contributed by atoms with van der Waals surface area (Å²) in [5.74, 6) is 1.61. The van der Waals surface area contributed by atoms with Crippen molar-refractivity contribution < 1.29 is 13.9 Å². The molecule has 2 aromatic carbocycles. The summed E-state index contributed by atoms with van der Waals surface area (Å²) in [6, 6.07) is 17.3. The fraction of sp³-hybridized carbons (Fsp3) is 0.528. The van der Waals surface area contributed by atoms with Gasteiger partial charge >= 0.3 is 5.97 Å². The van der Waals surface area contributed by atoms with Crippen molar-refractivity contribution in [2.45, 2.75) is 70.4 Å². The third kappa shape index (κ3) is 6.12. The Morgan fingerprint density at radius 3 is 2.55 bits per heavy atom. The molecule has 3 aromatic rings. The predicted octanol–water partition coefficient (Wildman–Crippen LogP) is 6.11. The standard InChI is InChI=1S/C36H44FN5O2/c1-3-35(43)44-34-9-5-8-33(34)36(25-41-19-16-39-26(41)2,30-6-4-7-31(37)20-30)29-14-17-40(18-15-29)22-28-23-42(24-28)32-12-10-27(21-38)11-13-32/h4,6-7,10-13,16,19-20,28-29,33-34H,3,5,8-9,14-15,17-18,22-25H2,1-2H3/t33-,34-,36-/m0/s1. The number of carbonyl (C=O) groups is 1. The number of piperidine rings is 1. The Kier molecular flexibility index (Phi) is 9.04. The van der Waals surface area contributed by atoms with Gasteiger partial charge in [-0.3, -0.25) is 4.79 Å². The Bertz CT molecular complexity index is 1470. The second-order valence-corrected chi connectivity index (χ2v) is 13.1. The molecule has 3 aliphatic rings. The number of likely N-dealkylation sites (tertiary alicyclic amines) is 1. The molecule has 2 saturated heterocycles. The van der Waals surface area contributed by atoms with Crippen LogP contribution in [0.4, 0.5) is 10.1 Å². The highest BCUT2D eigenvalue weighted by Gasteiger charge is 2.53. The van der Waals surface area contributed by atoms with E-state index in [9.17, 15) is 9.18 Å². The number of aromatic nitrogens is 2. The van der Waals surface area contributed by atoms with Gasteiger partial charge in [-0.25, -0.2) is 9.37 Å². The molecule has 0 N–H and O–H groups in total. The summed E-state index contributed by atoms with van der Waals surface area (Å²) in [5, 5.41) is 9.09. The monoisotopic (exact) mass is 597 g/mol. The number of rotatable bonds is 10. The van der Waals surface area contributed by atoms with Gasteiger partial charge in [-0.15, -0.1) is 0 Å². The summed E-state index contributed by atoms with van der Waals surface area (Å²) >= 11 is 0. The fourth-order valence-electron chi connectivity index (χ4n) is 8.27. The topological polar surface area (TPSA) is 74.4 Å². The van der Waals surface area contributed by atoms with Crippen LogP contribution in [0.3, 0.4) is 0 Å². The van der Waals surface area contributed by atoms with Crippen molar-refractivity contribution in [1.82, 2.24) is 14.5 Å². The number of benzene rings is 2. The molecule has 232 valence electrons. The smallest absolute Gasteiger partial charge is 0.305 e. The van der Waals surface area contributed by atoms with Crippen LogP contribution < -0.4 is 4.90 Å². The van der Waals surface area contributed by atoms with Crippen LogP contribution in [0.15, 0.2) is 60.9 Å². The zero-order valence-electron chi connectivity index (χ0n) is 26.0. The molecular weight excluding hydrogens is 553 g/mol. The highest BCUT2D eigenvalue weighted by molar-refractivity contribution is 5.69. The first-order valence-electron chi connectivity index (χ1n) is 16.3. The summed E-state index contributed by atoms with van der Waals surface area (Å²) < 4.78 is 23.3. The van der Waals surface area contributed by atoms with Gasteiger partial charge < -0.3 is 19.1 Å². The van der Waals surface area contributed by atoms with Crippen LogP contribution in [-0.4, -0.2) is 59.2 Å². The average Bonchev–Trinajstić information content (AvgIpc) is 3.66. The van der Waals surface area contributed by atoms with Gasteiger partial charge in [0.1, 0.15) is 17.7 Å². The van der Waals surface area contributed by atoms with Gasteiger partial charge in [-0.2, -0.15) is 5.26 Å². The van der Waals surface area contributed by atoms with Crippen LogP contribution in [0, 0.1) is 41.8 Å². The van der Waals surface area contributed by atoms with Crippen molar-refractivity contribution in [2.24, 2.45) is 17.8 Å². The molecule has 0 radical (unpaired) electrons. The second kappa shape index (κ2) is 13.1. The average molecular weight is 598 g/mol. The summed E-state index contributed by atoms with van der Waals surface area (Å²) in [5.41, 5.74) is 2.50. The van der Waals surface area contributed by atoms with Crippen LogP contribution in [0.25, 0.3) is 0 Å². The Hall–Kier alpha value is -3.70. The van der Waals surface area contributed by atoms with Gasteiger partial charge in [0.05, 0.1) is 11.6 Å². The van der Waals surface area contributed by atoms with Crippen LogP contribution in [0.1, 0.15) is 62.4 Å². The number of nitriles is 1. The second-order valence-electron chi connectivity index (χ2n) is 13.1. The SMILES string of the molecule is CCC(=O)O[C@H]1CCC[C@@H]1[C@](Cn1ccnc1C)(c1cccc(F)c1)C1CCN(CC2CN(c3ccc(C#N)cc3)C2)CC1. The van der Waals surface area contributed by atoms with Gasteiger partial charge in [0.15, 0.2) is 0 Å². The van der Waals surface area contributed by atoms with Gasteiger partial charge in [0, 0.05) is 67.9 Å². The lowest BCUT2D eigenvalue weighted by Gasteiger charge is -2.51. The van der Waals surface area contributed by atoms with Crippen molar-refractivity contribution >= 4 is 11.7 Å². The molecule has 2 aliphatic heterocycles. The normalized spacial score (nSPS) is 22.7. The molecule has 1 aromatic heterocycles. The first kappa shape index (κ1) is 30.3. The minimum absolute atomic E-state index is 0.103. The van der Waals surface area contributed by atoms with Crippen molar-refractivity contribution in [1.29, 1.82) is 5.26 Å². The Morgan fingerprint density at radius 2 is 1.89 bits per heavy atom. The molecular formula is C36H44FN5O2. The number of carbonyl (C=O) groups excluding carboxylic acids is 1. The number of anilines is 1. The third-order valence-electron chi connectivity index (χ3n) is 10.6. The largest absolute Gasteiger partial charge is 0.462 e. The number of esters is 1. The fourth-order valence-corrected chi connectivity index (χ4v) is 8.27. The molecule has 0 unspecified atom stereocenters. The van der Waals surface area contributed by atoms with Crippen molar-refractivity contribution in [3.8, 4) is 6.07 Å².